The molecule has 0 aliphatic carbocycles. The fourth-order valence-electron chi connectivity index (χ4n) is 2.87. The van der Waals surface area contributed by atoms with Crippen molar-refractivity contribution in [1.29, 1.82) is 0 Å². The van der Waals surface area contributed by atoms with E-state index >= 15 is 0 Å². The Morgan fingerprint density at radius 1 is 1.33 bits per heavy atom. The molecule has 6 nitrogen and oxygen atoms in total. The molecule has 1 aromatic heterocycles. The van der Waals surface area contributed by atoms with E-state index in [-0.39, 0.29) is 11.3 Å². The maximum absolute atomic E-state index is 12.0. The number of benzene rings is 1. The van der Waals surface area contributed by atoms with Gasteiger partial charge in [-0.25, -0.2) is 4.68 Å². The van der Waals surface area contributed by atoms with Crippen molar-refractivity contribution in [3.63, 3.8) is 0 Å². The lowest BCUT2D eigenvalue weighted by Gasteiger charge is -2.21. The highest BCUT2D eigenvalue weighted by molar-refractivity contribution is 8.00. The number of amides is 1. The third-order valence-electron chi connectivity index (χ3n) is 4.15. The van der Waals surface area contributed by atoms with Crippen molar-refractivity contribution in [2.75, 3.05) is 26.0 Å². The minimum absolute atomic E-state index is 0.0668. The van der Waals surface area contributed by atoms with Crippen molar-refractivity contribution in [3.8, 4) is 0 Å². The molecule has 2 heterocycles. The third-order valence-corrected chi connectivity index (χ3v) is 5.37. The van der Waals surface area contributed by atoms with E-state index in [1.165, 1.54) is 11.1 Å². The van der Waals surface area contributed by atoms with E-state index < -0.39 is 0 Å². The zero-order chi connectivity index (χ0) is 16.9. The van der Waals surface area contributed by atoms with Gasteiger partial charge in [0.1, 0.15) is 11.1 Å². The van der Waals surface area contributed by atoms with Crippen LogP contribution in [0.2, 0.25) is 0 Å². The molecule has 1 aromatic carbocycles. The van der Waals surface area contributed by atoms with Crippen LogP contribution in [0.1, 0.15) is 29.1 Å². The van der Waals surface area contributed by atoms with Crippen LogP contribution in [-0.4, -0.2) is 51.8 Å². The molecule has 0 radical (unpaired) electrons. The molecule has 2 aromatic rings. The van der Waals surface area contributed by atoms with Gasteiger partial charge in [0.25, 0.3) is 0 Å². The summed E-state index contributed by atoms with van der Waals surface area (Å²) in [5, 5.41) is 8.49. The van der Waals surface area contributed by atoms with Gasteiger partial charge in [-0.05, 0) is 17.5 Å². The van der Waals surface area contributed by atoms with Gasteiger partial charge in [-0.15, -0.1) is 16.9 Å². The van der Waals surface area contributed by atoms with Gasteiger partial charge >= 0.3 is 0 Å². The number of aryl methyl sites for hydroxylation is 1. The molecule has 3 rings (SSSR count). The average molecular weight is 346 g/mol. The van der Waals surface area contributed by atoms with Crippen LogP contribution in [0.15, 0.2) is 30.5 Å². The molecule has 7 heteroatoms. The van der Waals surface area contributed by atoms with Crippen molar-refractivity contribution < 1.29 is 9.53 Å². The first-order chi connectivity index (χ1) is 11.7. The summed E-state index contributed by atoms with van der Waals surface area (Å²) in [4.78, 5) is 13.9. The van der Waals surface area contributed by atoms with Gasteiger partial charge in [-0.1, -0.05) is 36.4 Å². The van der Waals surface area contributed by atoms with E-state index in [2.05, 4.69) is 35.4 Å². The fraction of sp³-hybridized carbons (Fsp3) is 0.471. The Labute approximate surface area is 146 Å². The van der Waals surface area contributed by atoms with Gasteiger partial charge in [0.05, 0.1) is 25.1 Å². The van der Waals surface area contributed by atoms with Crippen LogP contribution < -0.4 is 0 Å². The molecular weight excluding hydrogens is 324 g/mol. The largest absolute Gasteiger partial charge is 0.383 e. The van der Waals surface area contributed by atoms with E-state index in [1.807, 2.05) is 21.8 Å². The first-order valence-corrected chi connectivity index (χ1v) is 9.14. The smallest absolute Gasteiger partial charge is 0.233 e. The van der Waals surface area contributed by atoms with Crippen LogP contribution in [0.25, 0.3) is 0 Å². The highest BCUT2D eigenvalue weighted by Crippen LogP contribution is 2.37. The molecule has 1 aliphatic heterocycles. The molecule has 1 saturated heterocycles. The summed E-state index contributed by atoms with van der Waals surface area (Å²) in [6.45, 7) is 3.96. The average Bonchev–Trinajstić information content (AvgIpc) is 3.20. The highest BCUT2D eigenvalue weighted by atomic mass is 32.2. The third kappa shape index (κ3) is 3.62. The maximum atomic E-state index is 12.0. The Morgan fingerprint density at radius 3 is 2.88 bits per heavy atom. The number of aromatic nitrogens is 3. The zero-order valence-electron chi connectivity index (χ0n) is 14.0. The Bertz CT molecular complexity index is 703. The lowest BCUT2D eigenvalue weighted by atomic mass is 10.1. The molecular formula is C17H22N4O2S. The normalized spacial score (nSPS) is 17.7. The summed E-state index contributed by atoms with van der Waals surface area (Å²) in [5.41, 5.74) is 3.40. The first-order valence-electron chi connectivity index (χ1n) is 8.09. The summed E-state index contributed by atoms with van der Waals surface area (Å²) < 4.78 is 6.95. The van der Waals surface area contributed by atoms with Crippen LogP contribution in [-0.2, 0) is 22.5 Å². The first kappa shape index (κ1) is 17.0. The predicted octanol–water partition coefficient (Wildman–Crippen LogP) is 2.11. The molecule has 0 N–H and O–H groups in total. The van der Waals surface area contributed by atoms with E-state index in [4.69, 9.17) is 4.74 Å². The second-order valence-electron chi connectivity index (χ2n) is 5.71. The quantitative estimate of drug-likeness (QED) is 0.768. The number of rotatable bonds is 7. The van der Waals surface area contributed by atoms with Gasteiger partial charge < -0.3 is 9.64 Å². The summed E-state index contributed by atoms with van der Waals surface area (Å²) in [7, 11) is 1.64. The molecule has 0 unspecified atom stereocenters. The van der Waals surface area contributed by atoms with Gasteiger partial charge in [0, 0.05) is 13.7 Å². The number of hydrogen-bond acceptors (Lipinski definition) is 5. The standard InChI is InChI=1S/C17H22N4O2S/c1-3-13-6-4-5-7-14(13)10-20-11-15(18-19-20)17-21(8-9-23-2)16(22)12-24-17/h4-7,11,17H,3,8-10,12H2,1-2H3/t17-/m0/s1. The van der Waals surface area contributed by atoms with Crippen LogP contribution in [0, 0.1) is 0 Å². The van der Waals surface area contributed by atoms with Gasteiger partial charge in [-0.2, -0.15) is 0 Å². The molecule has 1 fully saturated rings. The summed E-state index contributed by atoms with van der Waals surface area (Å²) in [6.07, 6.45) is 2.94. The van der Waals surface area contributed by atoms with Gasteiger partial charge in [-0.3, -0.25) is 4.79 Å². The Balaban J connectivity index is 1.74. The topological polar surface area (TPSA) is 60.2 Å². The Kier molecular flexibility index (Phi) is 5.52. The number of carbonyl (C=O) groups is 1. The lowest BCUT2D eigenvalue weighted by Crippen LogP contribution is -2.31. The van der Waals surface area contributed by atoms with Crippen LogP contribution in [0.3, 0.4) is 0 Å². The van der Waals surface area contributed by atoms with E-state index in [9.17, 15) is 4.79 Å². The zero-order valence-corrected chi connectivity index (χ0v) is 14.8. The maximum Gasteiger partial charge on any atom is 0.233 e. The molecule has 0 saturated carbocycles. The number of thioether (sulfide) groups is 1. The molecule has 1 amide bonds. The monoisotopic (exact) mass is 346 g/mol. The lowest BCUT2D eigenvalue weighted by molar-refractivity contribution is -0.128. The van der Waals surface area contributed by atoms with Gasteiger partial charge in [0.2, 0.25) is 5.91 Å². The number of methoxy groups -OCH3 is 1. The predicted molar refractivity (Wildman–Crippen MR) is 93.7 cm³/mol. The SMILES string of the molecule is CCc1ccccc1Cn1cc([C@@H]2SCC(=O)N2CCOC)nn1. The van der Waals surface area contributed by atoms with E-state index in [1.54, 1.807) is 18.9 Å². The van der Waals surface area contributed by atoms with Crippen molar-refractivity contribution in [3.05, 3.63) is 47.3 Å². The summed E-state index contributed by atoms with van der Waals surface area (Å²) >= 11 is 1.59. The Morgan fingerprint density at radius 2 is 2.12 bits per heavy atom. The summed E-state index contributed by atoms with van der Waals surface area (Å²) in [5.74, 6) is 0.618. The van der Waals surface area contributed by atoms with E-state index in [0.29, 0.717) is 25.4 Å². The van der Waals surface area contributed by atoms with Crippen molar-refractivity contribution in [2.24, 2.45) is 0 Å². The molecule has 1 aliphatic rings. The minimum Gasteiger partial charge on any atom is -0.383 e. The van der Waals surface area contributed by atoms with Crippen LogP contribution in [0.5, 0.6) is 0 Å². The van der Waals surface area contributed by atoms with Crippen molar-refractivity contribution in [2.45, 2.75) is 25.3 Å². The van der Waals surface area contributed by atoms with Crippen molar-refractivity contribution in [1.82, 2.24) is 19.9 Å². The van der Waals surface area contributed by atoms with Crippen molar-refractivity contribution >= 4 is 17.7 Å². The van der Waals surface area contributed by atoms with Gasteiger partial charge in [0.15, 0.2) is 0 Å². The molecule has 0 spiro atoms. The molecule has 128 valence electrons. The highest BCUT2D eigenvalue weighted by Gasteiger charge is 2.34. The number of ether oxygens (including phenoxy) is 1. The number of hydrogen-bond donors (Lipinski definition) is 0. The number of nitrogens with zero attached hydrogens (tertiary/aromatic N) is 4. The fourth-order valence-corrected chi connectivity index (χ4v) is 4.01. The second-order valence-corrected chi connectivity index (χ2v) is 6.78. The van der Waals surface area contributed by atoms with E-state index in [0.717, 1.165) is 12.1 Å². The minimum atomic E-state index is -0.0668. The Hall–Kier alpha value is -1.86. The van der Waals surface area contributed by atoms with Crippen LogP contribution in [0.4, 0.5) is 0 Å². The van der Waals surface area contributed by atoms with Crippen LogP contribution >= 0.6 is 11.8 Å². The summed E-state index contributed by atoms with van der Waals surface area (Å²) in [6, 6.07) is 8.37. The number of carbonyl (C=O) groups excluding carboxylic acids is 1. The molecule has 1 atom stereocenters. The second kappa shape index (κ2) is 7.81. The molecule has 0 bridgehead atoms. The molecule has 24 heavy (non-hydrogen) atoms.